The third-order valence-corrected chi connectivity index (χ3v) is 4.79. The highest BCUT2D eigenvalue weighted by atomic mass is 19.1. The molecule has 4 rings (SSSR count). The lowest BCUT2D eigenvalue weighted by atomic mass is 9.98. The van der Waals surface area contributed by atoms with Crippen LogP contribution in [0.5, 0.6) is 5.88 Å². The Morgan fingerprint density at radius 2 is 2.07 bits per heavy atom. The van der Waals surface area contributed by atoms with Gasteiger partial charge in [-0.1, -0.05) is 25.0 Å². The van der Waals surface area contributed by atoms with Gasteiger partial charge in [0.25, 0.3) is 0 Å². The average Bonchev–Trinajstić information content (AvgIpc) is 3.10. The number of fused-ring (bicyclic) bond motifs is 3. The normalized spacial score (nSPS) is 14.8. The monoisotopic (exact) mass is 387 g/mol. The summed E-state index contributed by atoms with van der Waals surface area (Å²) in [5.74, 6) is 2.06. The smallest absolute Gasteiger partial charge is 0.312 e. The Morgan fingerprint density at radius 1 is 1.28 bits per heavy atom. The maximum Gasteiger partial charge on any atom is 0.312 e. The van der Waals surface area contributed by atoms with Crippen molar-refractivity contribution in [3.63, 3.8) is 0 Å². The highest BCUT2D eigenvalue weighted by Crippen LogP contribution is 2.36. The lowest BCUT2D eigenvalue weighted by molar-refractivity contribution is -0.134. The fraction of sp³-hybridized carbons (Fsp3) is 0.174. The van der Waals surface area contributed by atoms with Gasteiger partial charge in [-0.15, -0.1) is 6.42 Å². The second-order valence-electron chi connectivity index (χ2n) is 6.64. The van der Waals surface area contributed by atoms with Crippen molar-refractivity contribution in [3.05, 3.63) is 77.0 Å². The molecular formula is C23H18FN3O2. The maximum atomic E-state index is 14.7. The van der Waals surface area contributed by atoms with E-state index in [-0.39, 0.29) is 24.1 Å². The summed E-state index contributed by atoms with van der Waals surface area (Å²) in [5, 5.41) is 0. The second-order valence-corrected chi connectivity index (χ2v) is 6.64. The zero-order valence-electron chi connectivity index (χ0n) is 16.0. The molecule has 1 aliphatic heterocycles. The lowest BCUT2D eigenvalue weighted by Gasteiger charge is -2.12. The van der Waals surface area contributed by atoms with Gasteiger partial charge in [0.1, 0.15) is 17.8 Å². The number of aliphatic imine (C=N–C) groups is 1. The van der Waals surface area contributed by atoms with Crippen LogP contribution in [0.2, 0.25) is 0 Å². The van der Waals surface area contributed by atoms with E-state index in [9.17, 15) is 9.18 Å². The van der Waals surface area contributed by atoms with Gasteiger partial charge >= 0.3 is 5.97 Å². The van der Waals surface area contributed by atoms with Crippen LogP contribution < -0.4 is 4.74 Å². The Kier molecular flexibility index (Phi) is 4.73. The summed E-state index contributed by atoms with van der Waals surface area (Å²) in [5.41, 5.74) is 3.55. The molecule has 0 saturated carbocycles. The summed E-state index contributed by atoms with van der Waals surface area (Å²) < 4.78 is 21.9. The molecule has 5 nitrogen and oxygen atoms in total. The molecule has 1 aliphatic rings. The Balaban J connectivity index is 1.99. The van der Waals surface area contributed by atoms with Crippen LogP contribution >= 0.6 is 0 Å². The molecule has 0 radical (unpaired) electrons. The maximum absolute atomic E-state index is 14.7. The van der Waals surface area contributed by atoms with Crippen molar-refractivity contribution in [3.8, 4) is 23.9 Å². The van der Waals surface area contributed by atoms with Crippen LogP contribution in [0.25, 0.3) is 5.69 Å². The van der Waals surface area contributed by atoms with Gasteiger partial charge in [-0.3, -0.25) is 14.4 Å². The first-order valence-electron chi connectivity index (χ1n) is 9.25. The van der Waals surface area contributed by atoms with Gasteiger partial charge in [-0.25, -0.2) is 9.37 Å². The van der Waals surface area contributed by atoms with Crippen molar-refractivity contribution < 1.29 is 13.9 Å². The molecule has 2 heterocycles. The number of aromatic nitrogens is 2. The van der Waals surface area contributed by atoms with Crippen LogP contribution in [0.15, 0.2) is 53.8 Å². The number of esters is 1. The van der Waals surface area contributed by atoms with Gasteiger partial charge in [0.2, 0.25) is 5.88 Å². The second kappa shape index (κ2) is 7.36. The Labute approximate surface area is 167 Å². The molecule has 1 unspecified atom stereocenters. The number of nitrogens with zero attached hydrogens (tertiary/aromatic N) is 3. The Morgan fingerprint density at radius 3 is 2.79 bits per heavy atom. The Hall–Kier alpha value is -3.72. The Bertz CT molecular complexity index is 1190. The van der Waals surface area contributed by atoms with Crippen molar-refractivity contribution in [1.29, 1.82) is 0 Å². The lowest BCUT2D eigenvalue weighted by Crippen LogP contribution is -2.09. The molecule has 0 amide bonds. The van der Waals surface area contributed by atoms with E-state index in [1.807, 2.05) is 17.6 Å². The van der Waals surface area contributed by atoms with Crippen molar-refractivity contribution in [2.45, 2.75) is 26.3 Å². The summed E-state index contributed by atoms with van der Waals surface area (Å²) >= 11 is 0. The van der Waals surface area contributed by atoms with E-state index in [1.54, 1.807) is 43.6 Å². The minimum Gasteiger partial charge on any atom is -0.405 e. The number of ether oxygens (including phenoxy) is 1. The molecule has 3 aromatic rings. The number of carbonyl (C=O) groups excluding carboxylic acids is 1. The van der Waals surface area contributed by atoms with Crippen LogP contribution in [-0.4, -0.2) is 21.2 Å². The van der Waals surface area contributed by atoms with Crippen molar-refractivity contribution in [2.75, 3.05) is 0 Å². The predicted octanol–water partition coefficient (Wildman–Crippen LogP) is 4.22. The number of hydrogen-bond acceptors (Lipinski definition) is 4. The molecule has 144 valence electrons. The molecule has 0 fully saturated rings. The number of halogens is 1. The summed E-state index contributed by atoms with van der Waals surface area (Å²) in [4.78, 5) is 20.9. The molecule has 0 bridgehead atoms. The summed E-state index contributed by atoms with van der Waals surface area (Å²) in [6, 6.07) is 11.5. The van der Waals surface area contributed by atoms with Crippen LogP contribution in [0.3, 0.4) is 0 Å². The molecule has 1 aromatic heterocycles. The van der Waals surface area contributed by atoms with Gasteiger partial charge in [-0.2, -0.15) is 0 Å². The first-order chi connectivity index (χ1) is 14.0. The number of imidazole rings is 1. The summed E-state index contributed by atoms with van der Waals surface area (Å²) in [6.45, 7) is 3.57. The quantitative estimate of drug-likeness (QED) is 0.499. The zero-order valence-corrected chi connectivity index (χ0v) is 16.0. The molecular weight excluding hydrogens is 369 g/mol. The summed E-state index contributed by atoms with van der Waals surface area (Å²) in [7, 11) is 0. The molecule has 0 spiro atoms. The van der Waals surface area contributed by atoms with Crippen molar-refractivity contribution in [1.82, 2.24) is 9.55 Å². The van der Waals surface area contributed by atoms with Gasteiger partial charge in [0.15, 0.2) is 0 Å². The number of benzene rings is 2. The van der Waals surface area contributed by atoms with Crippen LogP contribution in [-0.2, 0) is 4.79 Å². The van der Waals surface area contributed by atoms with Crippen LogP contribution in [0, 0.1) is 18.2 Å². The molecule has 0 N–H and O–H groups in total. The molecule has 29 heavy (non-hydrogen) atoms. The minimum absolute atomic E-state index is 0.204. The number of hydrogen-bond donors (Lipinski definition) is 0. The highest BCUT2D eigenvalue weighted by Gasteiger charge is 2.28. The molecule has 2 aromatic carbocycles. The van der Waals surface area contributed by atoms with Gasteiger partial charge < -0.3 is 4.74 Å². The number of carbonyl (C=O) groups is 1. The van der Waals surface area contributed by atoms with Gasteiger partial charge in [-0.05, 0) is 37.3 Å². The summed E-state index contributed by atoms with van der Waals surface area (Å²) in [6.07, 6.45) is 7.40. The van der Waals surface area contributed by atoms with E-state index in [0.717, 1.165) is 5.69 Å². The fourth-order valence-corrected chi connectivity index (χ4v) is 3.39. The van der Waals surface area contributed by atoms with E-state index in [4.69, 9.17) is 16.2 Å². The first kappa shape index (κ1) is 18.6. The van der Waals surface area contributed by atoms with E-state index in [2.05, 4.69) is 10.9 Å². The van der Waals surface area contributed by atoms with Gasteiger partial charge in [0, 0.05) is 23.1 Å². The van der Waals surface area contributed by atoms with Gasteiger partial charge in [0.05, 0.1) is 17.4 Å². The topological polar surface area (TPSA) is 56.5 Å². The van der Waals surface area contributed by atoms with E-state index >= 15 is 0 Å². The molecule has 0 aliphatic carbocycles. The molecule has 1 atom stereocenters. The zero-order chi connectivity index (χ0) is 20.5. The fourth-order valence-electron chi connectivity index (χ4n) is 3.39. The third-order valence-electron chi connectivity index (χ3n) is 4.79. The van der Waals surface area contributed by atoms with Crippen LogP contribution in [0.4, 0.5) is 4.39 Å². The SMILES string of the molecule is C#Cc1ccc2c(c1)C(c1ccccc1F)=NC(C)c1c(OC(=O)CC)ncn1-2. The number of rotatable bonds is 3. The highest BCUT2D eigenvalue weighted by molar-refractivity contribution is 6.15. The third kappa shape index (κ3) is 3.21. The predicted molar refractivity (Wildman–Crippen MR) is 108 cm³/mol. The average molecular weight is 387 g/mol. The number of terminal acetylenes is 1. The van der Waals surface area contributed by atoms with E-state index < -0.39 is 6.04 Å². The molecule has 0 saturated heterocycles. The largest absolute Gasteiger partial charge is 0.405 e. The van der Waals surface area contributed by atoms with E-state index in [0.29, 0.717) is 28.1 Å². The van der Waals surface area contributed by atoms with Crippen molar-refractivity contribution >= 4 is 11.7 Å². The van der Waals surface area contributed by atoms with Crippen LogP contribution in [0.1, 0.15) is 48.7 Å². The molecule has 6 heteroatoms. The standard InChI is InChI=1S/C23H18FN3O2/c1-4-15-10-11-19-17(12-15)21(16-8-6-7-9-18(16)24)26-14(3)22-23(25-13-27(19)22)29-20(28)5-2/h1,6-14H,5H2,2-3H3. The minimum atomic E-state index is -0.437. The first-order valence-corrected chi connectivity index (χ1v) is 9.25. The van der Waals surface area contributed by atoms with E-state index in [1.165, 1.54) is 6.07 Å². The van der Waals surface area contributed by atoms with Crippen molar-refractivity contribution in [2.24, 2.45) is 4.99 Å².